The lowest BCUT2D eigenvalue weighted by Crippen LogP contribution is -2.50. The molecule has 0 spiro atoms. The number of rotatable bonds is 4. The number of aliphatic hydroxyl groups is 2. The molecule has 1 heterocycles. The van der Waals surface area contributed by atoms with Crippen molar-refractivity contribution in [1.82, 2.24) is 9.80 Å². The van der Waals surface area contributed by atoms with E-state index in [1.54, 1.807) is 9.80 Å². The van der Waals surface area contributed by atoms with Crippen LogP contribution in [-0.4, -0.2) is 93.1 Å². The molecule has 1 aliphatic rings. The van der Waals surface area contributed by atoms with Gasteiger partial charge in [0.25, 0.3) is 0 Å². The lowest BCUT2D eigenvalue weighted by Gasteiger charge is -2.40. The summed E-state index contributed by atoms with van der Waals surface area (Å²) in [6.07, 6.45) is -1.07. The lowest BCUT2D eigenvalue weighted by atomic mass is 10.3. The molecule has 1 rings (SSSR count). The summed E-state index contributed by atoms with van der Waals surface area (Å²) < 4.78 is 13.0. The molecule has 128 valence electrons. The zero-order valence-electron chi connectivity index (χ0n) is 13.0. The fourth-order valence-electron chi connectivity index (χ4n) is 1.52. The van der Waals surface area contributed by atoms with Gasteiger partial charge < -0.3 is 29.5 Å². The van der Waals surface area contributed by atoms with Crippen molar-refractivity contribution in [3.63, 3.8) is 0 Å². The molecule has 0 bridgehead atoms. The number of aliphatic hydroxyl groups excluding tert-OH is 2. The van der Waals surface area contributed by atoms with Crippen LogP contribution in [0.25, 0.3) is 0 Å². The summed E-state index contributed by atoms with van der Waals surface area (Å²) in [7, 11) is 7.35. The van der Waals surface area contributed by atoms with E-state index in [0.717, 1.165) is 0 Å². The van der Waals surface area contributed by atoms with Crippen LogP contribution in [0.5, 0.6) is 0 Å². The molecular formula is C12H22N2O4S4. The van der Waals surface area contributed by atoms with Gasteiger partial charge in [0.2, 0.25) is 0 Å². The van der Waals surface area contributed by atoms with Gasteiger partial charge >= 0.3 is 0 Å². The van der Waals surface area contributed by atoms with Gasteiger partial charge in [0.15, 0.2) is 0 Å². The van der Waals surface area contributed by atoms with Gasteiger partial charge in [-0.1, -0.05) is 48.0 Å². The molecule has 0 unspecified atom stereocenters. The summed E-state index contributed by atoms with van der Waals surface area (Å²) in [4.78, 5) is 3.57. The molecule has 2 N–H and O–H groups in total. The van der Waals surface area contributed by atoms with E-state index in [4.69, 9.17) is 33.9 Å². The van der Waals surface area contributed by atoms with Crippen LogP contribution in [0, 0.1) is 0 Å². The molecule has 4 atom stereocenters. The molecule has 0 aromatic heterocycles. The second kappa shape index (κ2) is 9.58. The van der Waals surface area contributed by atoms with E-state index in [9.17, 15) is 10.2 Å². The minimum Gasteiger partial charge on any atom is -0.394 e. The van der Waals surface area contributed by atoms with Gasteiger partial charge in [-0.05, 0) is 0 Å². The van der Waals surface area contributed by atoms with E-state index in [1.165, 1.54) is 23.5 Å². The van der Waals surface area contributed by atoms with Gasteiger partial charge in [0.05, 0.1) is 13.2 Å². The summed E-state index contributed by atoms with van der Waals surface area (Å²) in [6, 6.07) is 0. The van der Waals surface area contributed by atoms with Crippen molar-refractivity contribution in [2.75, 3.05) is 41.4 Å². The van der Waals surface area contributed by atoms with Crippen molar-refractivity contribution < 1.29 is 19.7 Å². The van der Waals surface area contributed by atoms with Crippen LogP contribution in [0.4, 0.5) is 0 Å². The Morgan fingerprint density at radius 3 is 1.41 bits per heavy atom. The number of thioether (sulfide) groups is 2. The fraction of sp³-hybridized carbons (Fsp3) is 0.833. The summed E-state index contributed by atoms with van der Waals surface area (Å²) >= 11 is 13.1. The van der Waals surface area contributed by atoms with Crippen molar-refractivity contribution in [2.24, 2.45) is 0 Å². The standard InChI is InChI=1S/C12H22N2O4S4/c1-13(2)11(19)21-9-7(5-15)18-10(8(6-16)17-9)22-12(20)14(3)4/h7-10,15-16H,5-6H2,1-4H3/t7-,8-,9+,10+/m0/s1. The molecular weight excluding hydrogens is 364 g/mol. The zero-order valence-corrected chi connectivity index (χ0v) is 16.2. The van der Waals surface area contributed by atoms with E-state index < -0.39 is 23.1 Å². The van der Waals surface area contributed by atoms with E-state index in [1.807, 2.05) is 28.2 Å². The van der Waals surface area contributed by atoms with E-state index in [0.29, 0.717) is 8.64 Å². The fourth-order valence-corrected chi connectivity index (χ4v) is 3.91. The SMILES string of the molecule is CN(C)C(=S)S[C@H]1O[C@@H](CO)[C@@H](SC(=S)N(C)C)O[C@H]1CO. The van der Waals surface area contributed by atoms with Crippen molar-refractivity contribution in [3.8, 4) is 0 Å². The summed E-state index contributed by atoms with van der Waals surface area (Å²) in [5.41, 5.74) is -0.941. The number of ether oxygens (including phenoxy) is 2. The predicted octanol–water partition coefficient (Wildman–Crippen LogP) is 0.567. The first-order chi connectivity index (χ1) is 10.3. The first kappa shape index (κ1) is 20.4. The van der Waals surface area contributed by atoms with Crippen LogP contribution in [0.2, 0.25) is 0 Å². The molecule has 10 heteroatoms. The Morgan fingerprint density at radius 1 is 0.864 bits per heavy atom. The highest BCUT2D eigenvalue weighted by molar-refractivity contribution is 8.23. The van der Waals surface area contributed by atoms with Crippen LogP contribution in [0.3, 0.4) is 0 Å². The number of nitrogens with zero attached hydrogens (tertiary/aromatic N) is 2. The quantitative estimate of drug-likeness (QED) is 0.670. The second-order valence-electron chi connectivity index (χ2n) is 5.01. The van der Waals surface area contributed by atoms with Gasteiger partial charge in [0, 0.05) is 28.2 Å². The van der Waals surface area contributed by atoms with Crippen LogP contribution in [0.15, 0.2) is 0 Å². The third kappa shape index (κ3) is 5.75. The molecule has 6 nitrogen and oxygen atoms in total. The molecule has 1 aliphatic heterocycles. The molecule has 1 fully saturated rings. The van der Waals surface area contributed by atoms with E-state index in [-0.39, 0.29) is 13.2 Å². The smallest absolute Gasteiger partial charge is 0.139 e. The van der Waals surface area contributed by atoms with Crippen LogP contribution in [-0.2, 0) is 9.47 Å². The Hall–Kier alpha value is 0.320. The van der Waals surface area contributed by atoms with Crippen LogP contribution >= 0.6 is 48.0 Å². The Labute approximate surface area is 150 Å². The van der Waals surface area contributed by atoms with Crippen LogP contribution in [0.1, 0.15) is 0 Å². The van der Waals surface area contributed by atoms with Gasteiger partial charge in [-0.15, -0.1) is 0 Å². The Balaban J connectivity index is 2.75. The number of hydrogen-bond acceptors (Lipinski definition) is 8. The number of hydrogen-bond donors (Lipinski definition) is 2. The highest BCUT2D eigenvalue weighted by atomic mass is 32.2. The Kier molecular flexibility index (Phi) is 8.86. The van der Waals surface area contributed by atoms with Crippen molar-refractivity contribution in [1.29, 1.82) is 0 Å². The summed E-state index contributed by atoms with van der Waals surface area (Å²) in [5.74, 6) is 0. The largest absolute Gasteiger partial charge is 0.394 e. The first-order valence-corrected chi connectivity index (χ1v) is 9.16. The maximum absolute atomic E-state index is 9.54. The van der Waals surface area contributed by atoms with E-state index in [2.05, 4.69) is 0 Å². The lowest BCUT2D eigenvalue weighted by molar-refractivity contribution is -0.181. The molecule has 0 saturated carbocycles. The normalized spacial score (nSPS) is 28.3. The predicted molar refractivity (Wildman–Crippen MR) is 99.2 cm³/mol. The van der Waals surface area contributed by atoms with E-state index >= 15 is 0 Å². The second-order valence-corrected chi connectivity index (χ2v) is 8.47. The average molecular weight is 387 g/mol. The third-order valence-corrected chi connectivity index (χ3v) is 6.48. The molecule has 0 aliphatic carbocycles. The Bertz CT molecular complexity index is 361. The van der Waals surface area contributed by atoms with Crippen molar-refractivity contribution in [2.45, 2.75) is 23.1 Å². The summed E-state index contributed by atoms with van der Waals surface area (Å²) in [5, 5.41) is 19.1. The van der Waals surface area contributed by atoms with Gasteiger partial charge in [-0.25, -0.2) is 0 Å². The molecule has 0 amide bonds. The summed E-state index contributed by atoms with van der Waals surface area (Å²) in [6.45, 7) is -0.394. The monoisotopic (exact) mass is 386 g/mol. The van der Waals surface area contributed by atoms with Gasteiger partial charge in [-0.3, -0.25) is 0 Å². The molecule has 1 saturated heterocycles. The van der Waals surface area contributed by atoms with Gasteiger partial charge in [-0.2, -0.15) is 0 Å². The highest BCUT2D eigenvalue weighted by Crippen LogP contribution is 2.34. The zero-order chi connectivity index (χ0) is 16.9. The molecule has 22 heavy (non-hydrogen) atoms. The Morgan fingerprint density at radius 2 is 1.18 bits per heavy atom. The first-order valence-electron chi connectivity index (χ1n) is 6.58. The number of thiocarbonyl (C=S) groups is 2. The molecule has 0 aromatic rings. The van der Waals surface area contributed by atoms with Crippen molar-refractivity contribution >= 4 is 56.6 Å². The minimum atomic E-state index is -0.534. The van der Waals surface area contributed by atoms with Gasteiger partial charge in [0.1, 0.15) is 31.7 Å². The van der Waals surface area contributed by atoms with Crippen molar-refractivity contribution in [3.05, 3.63) is 0 Å². The maximum atomic E-state index is 9.54. The molecule has 0 radical (unpaired) electrons. The van der Waals surface area contributed by atoms with Crippen LogP contribution < -0.4 is 0 Å². The average Bonchev–Trinajstić information content (AvgIpc) is 2.47. The third-order valence-electron chi connectivity index (χ3n) is 2.75. The molecule has 0 aromatic carbocycles. The topological polar surface area (TPSA) is 65.4 Å². The highest BCUT2D eigenvalue weighted by Gasteiger charge is 2.40. The maximum Gasteiger partial charge on any atom is 0.139 e. The minimum absolute atomic E-state index is 0.197.